The highest BCUT2D eigenvalue weighted by molar-refractivity contribution is 7.98. The van der Waals surface area contributed by atoms with Crippen molar-refractivity contribution in [3.8, 4) is 40.2 Å². The summed E-state index contributed by atoms with van der Waals surface area (Å²) in [5, 5.41) is 8.44. The third-order valence-corrected chi connectivity index (χ3v) is 5.01. The molecule has 0 aliphatic carbocycles. The Morgan fingerprint density at radius 2 is 1.55 bits per heavy atom. The van der Waals surface area contributed by atoms with Gasteiger partial charge in [-0.3, -0.25) is 0 Å². The van der Waals surface area contributed by atoms with Crippen molar-refractivity contribution < 1.29 is 36.9 Å². The van der Waals surface area contributed by atoms with Crippen LogP contribution in [-0.4, -0.2) is 45.2 Å². The molecule has 0 bridgehead atoms. The third-order valence-electron chi connectivity index (χ3n) is 4.12. The van der Waals surface area contributed by atoms with Gasteiger partial charge in [0, 0.05) is 11.3 Å². The van der Waals surface area contributed by atoms with Crippen LogP contribution >= 0.6 is 11.8 Å². The normalized spacial score (nSPS) is 10.8. The fraction of sp³-hybridized carbons (Fsp3) is 0.300. The summed E-state index contributed by atoms with van der Waals surface area (Å²) in [4.78, 5) is 0. The van der Waals surface area contributed by atoms with E-state index in [0.717, 1.165) is 5.56 Å². The minimum atomic E-state index is -2.93. The molecular weight excluding hydrogens is 434 g/mol. The van der Waals surface area contributed by atoms with E-state index in [-0.39, 0.29) is 17.4 Å². The first-order valence-corrected chi connectivity index (χ1v) is 9.86. The molecule has 31 heavy (non-hydrogen) atoms. The summed E-state index contributed by atoms with van der Waals surface area (Å²) in [7, 11) is 5.93. The lowest BCUT2D eigenvalue weighted by Crippen LogP contribution is -2.03. The monoisotopic (exact) mass is 454 g/mol. The second-order valence-corrected chi connectivity index (χ2v) is 6.87. The SMILES string of the molecule is COc1cc(CSc2nnc(-c3cc(OC)c(OC)c(OC)c3)o2)ccc1OC(F)F. The molecule has 0 N–H and O–H groups in total. The Kier molecular flexibility index (Phi) is 7.40. The molecule has 3 rings (SSSR count). The van der Waals surface area contributed by atoms with Gasteiger partial charge in [-0.15, -0.1) is 10.2 Å². The van der Waals surface area contributed by atoms with E-state index in [1.165, 1.54) is 46.3 Å². The van der Waals surface area contributed by atoms with Crippen molar-refractivity contribution >= 4 is 11.8 Å². The lowest BCUT2D eigenvalue weighted by atomic mass is 10.2. The smallest absolute Gasteiger partial charge is 0.387 e. The van der Waals surface area contributed by atoms with Crippen LogP contribution in [0.15, 0.2) is 40.0 Å². The molecule has 0 aliphatic rings. The number of alkyl halides is 2. The zero-order valence-electron chi connectivity index (χ0n) is 17.2. The van der Waals surface area contributed by atoms with Crippen LogP contribution in [0.2, 0.25) is 0 Å². The molecule has 0 spiro atoms. The molecule has 11 heteroatoms. The highest BCUT2D eigenvalue weighted by Gasteiger charge is 2.18. The number of rotatable bonds is 10. The predicted octanol–water partition coefficient (Wildman–Crippen LogP) is 4.66. The maximum atomic E-state index is 12.5. The van der Waals surface area contributed by atoms with Crippen molar-refractivity contribution in [1.82, 2.24) is 10.2 Å². The fourth-order valence-corrected chi connectivity index (χ4v) is 3.44. The third kappa shape index (κ3) is 5.29. The van der Waals surface area contributed by atoms with Gasteiger partial charge in [0.2, 0.25) is 11.6 Å². The number of hydrogen-bond donors (Lipinski definition) is 0. The zero-order valence-corrected chi connectivity index (χ0v) is 18.0. The van der Waals surface area contributed by atoms with Crippen LogP contribution in [0.25, 0.3) is 11.5 Å². The van der Waals surface area contributed by atoms with Crippen molar-refractivity contribution in [2.75, 3.05) is 28.4 Å². The van der Waals surface area contributed by atoms with Crippen molar-refractivity contribution in [3.63, 3.8) is 0 Å². The van der Waals surface area contributed by atoms with Gasteiger partial charge in [-0.1, -0.05) is 17.8 Å². The molecule has 0 aliphatic heterocycles. The maximum absolute atomic E-state index is 12.5. The van der Waals surface area contributed by atoms with Gasteiger partial charge >= 0.3 is 6.61 Å². The van der Waals surface area contributed by atoms with Gasteiger partial charge in [-0.2, -0.15) is 8.78 Å². The van der Waals surface area contributed by atoms with Gasteiger partial charge in [-0.05, 0) is 29.8 Å². The number of ether oxygens (including phenoxy) is 5. The van der Waals surface area contributed by atoms with E-state index >= 15 is 0 Å². The lowest BCUT2D eigenvalue weighted by molar-refractivity contribution is -0.0512. The van der Waals surface area contributed by atoms with E-state index < -0.39 is 6.61 Å². The maximum Gasteiger partial charge on any atom is 0.387 e. The highest BCUT2D eigenvalue weighted by atomic mass is 32.2. The Bertz CT molecular complexity index is 1010. The molecule has 0 fully saturated rings. The molecule has 0 amide bonds. The van der Waals surface area contributed by atoms with Gasteiger partial charge < -0.3 is 28.1 Å². The Labute approximate surface area is 181 Å². The first-order valence-electron chi connectivity index (χ1n) is 8.87. The summed E-state index contributed by atoms with van der Waals surface area (Å²) in [5.74, 6) is 2.28. The molecule has 0 saturated heterocycles. The summed E-state index contributed by atoms with van der Waals surface area (Å²) in [6, 6.07) is 8.10. The van der Waals surface area contributed by atoms with E-state index in [2.05, 4.69) is 14.9 Å². The molecule has 1 heterocycles. The predicted molar refractivity (Wildman–Crippen MR) is 109 cm³/mol. The topological polar surface area (TPSA) is 85.1 Å². The van der Waals surface area contributed by atoms with Crippen LogP contribution < -0.4 is 23.7 Å². The molecule has 0 saturated carbocycles. The van der Waals surface area contributed by atoms with Crippen molar-refractivity contribution in [2.45, 2.75) is 17.6 Å². The summed E-state index contributed by atoms with van der Waals surface area (Å²) in [6.45, 7) is -2.93. The van der Waals surface area contributed by atoms with Crippen molar-refractivity contribution in [1.29, 1.82) is 0 Å². The second kappa shape index (κ2) is 10.2. The Balaban J connectivity index is 1.75. The number of aromatic nitrogens is 2. The van der Waals surface area contributed by atoms with E-state index in [4.69, 9.17) is 23.4 Å². The molecule has 8 nitrogen and oxygen atoms in total. The minimum absolute atomic E-state index is 0.0336. The molecule has 3 aromatic rings. The van der Waals surface area contributed by atoms with Crippen LogP contribution in [0.4, 0.5) is 8.78 Å². The van der Waals surface area contributed by atoms with Crippen LogP contribution in [0.1, 0.15) is 5.56 Å². The van der Waals surface area contributed by atoms with Gasteiger partial charge in [0.25, 0.3) is 5.22 Å². The molecule has 0 unspecified atom stereocenters. The summed E-state index contributed by atoms with van der Waals surface area (Å²) >= 11 is 1.28. The average molecular weight is 454 g/mol. The van der Waals surface area contributed by atoms with Gasteiger partial charge in [0.15, 0.2) is 23.0 Å². The van der Waals surface area contributed by atoms with Crippen LogP contribution in [0, 0.1) is 0 Å². The van der Waals surface area contributed by atoms with Crippen LogP contribution in [-0.2, 0) is 5.75 Å². The molecule has 0 radical (unpaired) electrons. The van der Waals surface area contributed by atoms with E-state index in [1.54, 1.807) is 24.3 Å². The fourth-order valence-electron chi connectivity index (χ4n) is 2.73. The van der Waals surface area contributed by atoms with E-state index in [1.807, 2.05) is 0 Å². The molecule has 166 valence electrons. The standard InChI is InChI=1S/C20H20F2N2O6S/c1-25-14-7-11(5-6-13(14)29-19(21)22)10-31-20-24-23-18(30-20)12-8-15(26-2)17(28-4)16(9-12)27-3/h5-9,19H,10H2,1-4H3. The lowest BCUT2D eigenvalue weighted by Gasteiger charge is -2.12. The average Bonchev–Trinajstić information content (AvgIpc) is 3.26. The largest absolute Gasteiger partial charge is 0.493 e. The summed E-state index contributed by atoms with van der Waals surface area (Å²) in [5.41, 5.74) is 1.40. The first kappa shape index (κ1) is 22.5. The molecular formula is C20H20F2N2O6S. The highest BCUT2D eigenvalue weighted by Crippen LogP contribution is 2.41. The number of methoxy groups -OCH3 is 4. The van der Waals surface area contributed by atoms with Crippen LogP contribution in [0.5, 0.6) is 28.7 Å². The van der Waals surface area contributed by atoms with Gasteiger partial charge in [-0.25, -0.2) is 0 Å². The van der Waals surface area contributed by atoms with Crippen molar-refractivity contribution in [3.05, 3.63) is 35.9 Å². The number of halogens is 2. The Morgan fingerprint density at radius 1 is 0.871 bits per heavy atom. The van der Waals surface area contributed by atoms with E-state index in [9.17, 15) is 8.78 Å². The number of hydrogen-bond acceptors (Lipinski definition) is 9. The molecule has 1 aromatic heterocycles. The molecule has 2 aromatic carbocycles. The van der Waals surface area contributed by atoms with E-state index in [0.29, 0.717) is 33.8 Å². The summed E-state index contributed by atoms with van der Waals surface area (Å²) < 4.78 is 56.2. The zero-order chi connectivity index (χ0) is 22.4. The van der Waals surface area contributed by atoms with Crippen molar-refractivity contribution in [2.24, 2.45) is 0 Å². The second-order valence-electron chi connectivity index (χ2n) is 5.94. The number of nitrogens with zero attached hydrogens (tertiary/aromatic N) is 2. The first-order chi connectivity index (χ1) is 15.0. The van der Waals surface area contributed by atoms with Crippen LogP contribution in [0.3, 0.4) is 0 Å². The number of benzene rings is 2. The minimum Gasteiger partial charge on any atom is -0.493 e. The van der Waals surface area contributed by atoms with Gasteiger partial charge in [0.05, 0.1) is 28.4 Å². The van der Waals surface area contributed by atoms with Gasteiger partial charge in [0.1, 0.15) is 0 Å². The Morgan fingerprint density at radius 3 is 2.13 bits per heavy atom. The quantitative estimate of drug-likeness (QED) is 0.406. The number of thioether (sulfide) groups is 1. The molecule has 0 atom stereocenters. The summed E-state index contributed by atoms with van der Waals surface area (Å²) in [6.07, 6.45) is 0. The Hall–Kier alpha value is -3.21.